The third-order valence-electron chi connectivity index (χ3n) is 2.57. The second kappa shape index (κ2) is 3.21. The van der Waals surface area contributed by atoms with E-state index >= 15 is 0 Å². The zero-order valence-corrected chi connectivity index (χ0v) is 8.17. The van der Waals surface area contributed by atoms with Crippen LogP contribution in [0.3, 0.4) is 0 Å². The van der Waals surface area contributed by atoms with Crippen molar-refractivity contribution >= 4 is 10.8 Å². The Morgan fingerprint density at radius 2 is 1.92 bits per heavy atom. The van der Waals surface area contributed by atoms with Gasteiger partial charge in [-0.15, -0.1) is 0 Å². The number of hydrogen-bond donors (Lipinski definition) is 0. The molecule has 0 heterocycles. The third kappa shape index (κ3) is 1.44. The summed E-state index contributed by atoms with van der Waals surface area (Å²) in [7, 11) is 0. The van der Waals surface area contributed by atoms with Crippen LogP contribution in [0, 0.1) is 6.92 Å². The largest absolute Gasteiger partial charge is 0.0614 e. The lowest BCUT2D eigenvalue weighted by Crippen LogP contribution is -1.82. The van der Waals surface area contributed by atoms with Gasteiger partial charge in [-0.2, -0.15) is 0 Å². The predicted molar refractivity (Wildman–Crippen MR) is 58.1 cm³/mol. The fourth-order valence-electron chi connectivity index (χ4n) is 1.70. The zero-order valence-electron chi connectivity index (χ0n) is 8.17. The molecule has 2 rings (SSSR count). The first-order valence-electron chi connectivity index (χ1n) is 4.79. The molecule has 0 saturated carbocycles. The summed E-state index contributed by atoms with van der Waals surface area (Å²) in [6, 6.07) is 13.2. The molecule has 2 aromatic rings. The van der Waals surface area contributed by atoms with Gasteiger partial charge in [-0.1, -0.05) is 43.3 Å². The van der Waals surface area contributed by atoms with Gasteiger partial charge in [0.1, 0.15) is 0 Å². The van der Waals surface area contributed by atoms with E-state index in [1.807, 2.05) is 0 Å². The molecule has 0 nitrogen and oxygen atoms in total. The molecule has 0 N–H and O–H groups in total. The molecule has 0 aromatic heterocycles. The van der Waals surface area contributed by atoms with E-state index in [9.17, 15) is 0 Å². The molecule has 0 saturated heterocycles. The van der Waals surface area contributed by atoms with Gasteiger partial charge in [-0.25, -0.2) is 0 Å². The summed E-state index contributed by atoms with van der Waals surface area (Å²) in [6.07, 6.45) is 1.12. The van der Waals surface area contributed by atoms with Crippen molar-refractivity contribution in [1.29, 1.82) is 0 Å². The van der Waals surface area contributed by atoms with E-state index in [2.05, 4.69) is 50.2 Å². The van der Waals surface area contributed by atoms with Gasteiger partial charge in [-0.3, -0.25) is 0 Å². The van der Waals surface area contributed by atoms with Crippen molar-refractivity contribution in [2.24, 2.45) is 0 Å². The van der Waals surface area contributed by atoms with Crippen LogP contribution in [-0.2, 0) is 6.42 Å². The standard InChI is InChI=1S/C13H14/c1-3-11-7-8-12-6-4-5-10(2)13(12)9-11/h4-9H,3H2,1-2H3. The molecule has 0 atom stereocenters. The quantitative estimate of drug-likeness (QED) is 0.612. The lowest BCUT2D eigenvalue weighted by Gasteiger charge is -2.03. The Morgan fingerprint density at radius 1 is 1.08 bits per heavy atom. The van der Waals surface area contributed by atoms with Gasteiger partial charge in [0.2, 0.25) is 0 Å². The lowest BCUT2D eigenvalue weighted by atomic mass is 10.0. The van der Waals surface area contributed by atoms with E-state index < -0.39 is 0 Å². The molecular formula is C13H14. The maximum atomic E-state index is 2.30. The molecule has 2 aromatic carbocycles. The average Bonchev–Trinajstić information content (AvgIpc) is 2.18. The van der Waals surface area contributed by atoms with Crippen molar-refractivity contribution < 1.29 is 0 Å². The van der Waals surface area contributed by atoms with Crippen LogP contribution in [0.5, 0.6) is 0 Å². The Bertz CT molecular complexity index is 427. The Labute approximate surface area is 79.2 Å². The summed E-state index contributed by atoms with van der Waals surface area (Å²) in [6.45, 7) is 4.36. The number of aryl methyl sites for hydroxylation is 2. The van der Waals surface area contributed by atoms with Gasteiger partial charge in [0.15, 0.2) is 0 Å². The van der Waals surface area contributed by atoms with E-state index in [1.165, 1.54) is 21.9 Å². The van der Waals surface area contributed by atoms with Crippen LogP contribution in [0.15, 0.2) is 36.4 Å². The fraction of sp³-hybridized carbons (Fsp3) is 0.231. The van der Waals surface area contributed by atoms with E-state index in [1.54, 1.807) is 0 Å². The summed E-state index contributed by atoms with van der Waals surface area (Å²) in [5.74, 6) is 0. The summed E-state index contributed by atoms with van der Waals surface area (Å²) >= 11 is 0. The minimum absolute atomic E-state index is 1.12. The first kappa shape index (κ1) is 8.31. The molecule has 0 unspecified atom stereocenters. The van der Waals surface area contributed by atoms with Crippen molar-refractivity contribution in [3.05, 3.63) is 47.5 Å². The Hall–Kier alpha value is -1.30. The van der Waals surface area contributed by atoms with Gasteiger partial charge in [0, 0.05) is 0 Å². The molecule has 0 heteroatoms. The van der Waals surface area contributed by atoms with E-state index in [4.69, 9.17) is 0 Å². The highest BCUT2D eigenvalue weighted by Gasteiger charge is 1.96. The van der Waals surface area contributed by atoms with E-state index in [0.717, 1.165) is 6.42 Å². The molecule has 0 aliphatic rings. The van der Waals surface area contributed by atoms with Crippen molar-refractivity contribution in [3.63, 3.8) is 0 Å². The predicted octanol–water partition coefficient (Wildman–Crippen LogP) is 3.71. The van der Waals surface area contributed by atoms with Crippen LogP contribution in [0.1, 0.15) is 18.1 Å². The Balaban J connectivity index is 2.74. The van der Waals surface area contributed by atoms with Gasteiger partial charge < -0.3 is 0 Å². The minimum Gasteiger partial charge on any atom is -0.0614 e. The highest BCUT2D eigenvalue weighted by atomic mass is 14.0. The Morgan fingerprint density at radius 3 is 2.69 bits per heavy atom. The summed E-state index contributed by atoms with van der Waals surface area (Å²) in [5.41, 5.74) is 2.79. The molecule has 0 radical (unpaired) electrons. The second-order valence-corrected chi connectivity index (χ2v) is 3.48. The number of benzene rings is 2. The molecule has 0 spiro atoms. The molecule has 0 fully saturated rings. The first-order chi connectivity index (χ1) is 6.31. The summed E-state index contributed by atoms with van der Waals surface area (Å²) < 4.78 is 0. The lowest BCUT2D eigenvalue weighted by molar-refractivity contribution is 1.15. The van der Waals surface area contributed by atoms with Gasteiger partial charge in [0.25, 0.3) is 0 Å². The minimum atomic E-state index is 1.12. The molecule has 13 heavy (non-hydrogen) atoms. The molecular weight excluding hydrogens is 156 g/mol. The summed E-state index contributed by atoms with van der Waals surface area (Å²) in [4.78, 5) is 0. The third-order valence-corrected chi connectivity index (χ3v) is 2.57. The van der Waals surface area contributed by atoms with Crippen molar-refractivity contribution in [2.75, 3.05) is 0 Å². The smallest absolute Gasteiger partial charge is 0.0152 e. The summed E-state index contributed by atoms with van der Waals surface area (Å²) in [5, 5.41) is 2.74. The molecule has 0 aliphatic heterocycles. The number of fused-ring (bicyclic) bond motifs is 1. The second-order valence-electron chi connectivity index (χ2n) is 3.48. The molecule has 66 valence electrons. The SMILES string of the molecule is CCc1ccc2cccc(C)c2c1. The van der Waals surface area contributed by atoms with Gasteiger partial charge in [0.05, 0.1) is 0 Å². The number of rotatable bonds is 1. The van der Waals surface area contributed by atoms with Crippen LogP contribution in [-0.4, -0.2) is 0 Å². The monoisotopic (exact) mass is 170 g/mol. The van der Waals surface area contributed by atoms with Crippen molar-refractivity contribution in [3.8, 4) is 0 Å². The van der Waals surface area contributed by atoms with Crippen molar-refractivity contribution in [2.45, 2.75) is 20.3 Å². The number of hydrogen-bond acceptors (Lipinski definition) is 0. The van der Waals surface area contributed by atoms with Gasteiger partial charge in [-0.05, 0) is 35.2 Å². The molecule has 0 bridgehead atoms. The van der Waals surface area contributed by atoms with Crippen LogP contribution in [0.25, 0.3) is 10.8 Å². The normalized spacial score (nSPS) is 10.6. The molecule has 0 amide bonds. The maximum absolute atomic E-state index is 2.30. The highest BCUT2D eigenvalue weighted by Crippen LogP contribution is 2.19. The average molecular weight is 170 g/mol. The van der Waals surface area contributed by atoms with Crippen molar-refractivity contribution in [1.82, 2.24) is 0 Å². The molecule has 0 aliphatic carbocycles. The van der Waals surface area contributed by atoms with Crippen LogP contribution >= 0.6 is 0 Å². The zero-order chi connectivity index (χ0) is 9.26. The highest BCUT2D eigenvalue weighted by molar-refractivity contribution is 5.86. The maximum Gasteiger partial charge on any atom is -0.0152 e. The van der Waals surface area contributed by atoms with Gasteiger partial charge >= 0.3 is 0 Å². The van der Waals surface area contributed by atoms with Crippen LogP contribution < -0.4 is 0 Å². The van der Waals surface area contributed by atoms with E-state index in [-0.39, 0.29) is 0 Å². The Kier molecular flexibility index (Phi) is 2.05. The first-order valence-corrected chi connectivity index (χ1v) is 4.79. The van der Waals surface area contributed by atoms with E-state index in [0.29, 0.717) is 0 Å². The topological polar surface area (TPSA) is 0 Å². The van der Waals surface area contributed by atoms with Crippen LogP contribution in [0.4, 0.5) is 0 Å². The van der Waals surface area contributed by atoms with Crippen LogP contribution in [0.2, 0.25) is 0 Å². The fourth-order valence-corrected chi connectivity index (χ4v) is 1.70.